The number of amides is 1. The van der Waals surface area contributed by atoms with Gasteiger partial charge in [0.1, 0.15) is 5.76 Å². The number of rotatable bonds is 5. The summed E-state index contributed by atoms with van der Waals surface area (Å²) in [6.07, 6.45) is -2.23. The Kier molecular flexibility index (Phi) is 6.17. The van der Waals surface area contributed by atoms with Crippen molar-refractivity contribution >= 4 is 11.6 Å². The van der Waals surface area contributed by atoms with Crippen LogP contribution in [-0.4, -0.2) is 17.4 Å². The van der Waals surface area contributed by atoms with Crippen LogP contribution in [0.25, 0.3) is 11.1 Å². The Morgan fingerprint density at radius 2 is 1.77 bits per heavy atom. The molecule has 3 aromatic carbocycles. The fourth-order valence-corrected chi connectivity index (χ4v) is 4.53. The second kappa shape index (κ2) is 9.43. The number of carbonyl (C=O) groups excluding carboxylic acids is 1. The van der Waals surface area contributed by atoms with Gasteiger partial charge in [0.15, 0.2) is 0 Å². The van der Waals surface area contributed by atoms with Crippen molar-refractivity contribution in [2.75, 3.05) is 11.9 Å². The molecule has 0 spiro atoms. The Morgan fingerprint density at radius 1 is 0.943 bits per heavy atom. The maximum absolute atomic E-state index is 13.8. The van der Waals surface area contributed by atoms with E-state index in [-0.39, 0.29) is 11.1 Å². The van der Waals surface area contributed by atoms with Gasteiger partial charge in [-0.25, -0.2) is 0 Å². The second-order valence-electron chi connectivity index (χ2n) is 8.57. The van der Waals surface area contributed by atoms with Crippen LogP contribution >= 0.6 is 0 Å². The molecule has 1 aliphatic heterocycles. The molecule has 178 valence electrons. The molecular weight excluding hydrogens is 453 g/mol. The summed E-state index contributed by atoms with van der Waals surface area (Å²) in [6.45, 7) is 2.26. The highest BCUT2D eigenvalue weighted by atomic mass is 19.4. The van der Waals surface area contributed by atoms with Crippen LogP contribution in [0.2, 0.25) is 0 Å². The number of alkyl halides is 3. The van der Waals surface area contributed by atoms with Gasteiger partial charge in [-0.3, -0.25) is 9.69 Å². The molecule has 7 heteroatoms. The van der Waals surface area contributed by atoms with E-state index >= 15 is 0 Å². The van der Waals surface area contributed by atoms with Crippen molar-refractivity contribution in [2.24, 2.45) is 0 Å². The summed E-state index contributed by atoms with van der Waals surface area (Å²) in [5.74, 6) is 0.113. The minimum atomic E-state index is -4.66. The molecule has 0 fully saturated rings. The first-order valence-electron chi connectivity index (χ1n) is 11.3. The van der Waals surface area contributed by atoms with Gasteiger partial charge in [0.2, 0.25) is 0 Å². The number of benzene rings is 3. The quantitative estimate of drug-likeness (QED) is 0.346. The lowest BCUT2D eigenvalue weighted by molar-refractivity contribution is -0.137. The number of hydrogen-bond acceptors (Lipinski definition) is 3. The van der Waals surface area contributed by atoms with Gasteiger partial charge in [0.05, 0.1) is 23.9 Å². The van der Waals surface area contributed by atoms with E-state index in [0.29, 0.717) is 17.8 Å². The minimum Gasteiger partial charge on any atom is -0.468 e. The highest BCUT2D eigenvalue weighted by Crippen LogP contribution is 2.37. The van der Waals surface area contributed by atoms with Crippen molar-refractivity contribution in [3.8, 4) is 11.1 Å². The molecule has 1 aliphatic rings. The predicted octanol–water partition coefficient (Wildman–Crippen LogP) is 6.78. The molecule has 0 saturated heterocycles. The standard InChI is InChI=1S/C28H23F3N2O2/c29-28(30,31)25-10-4-9-24(19-6-2-1-3-7-19)26(25)27(34)32-22-12-11-21-17-33(14-13-20(21)16-22)18-23-8-5-15-35-23/h1-12,15-16H,13-14,17-18H2,(H,32,34). The fourth-order valence-electron chi connectivity index (χ4n) is 4.53. The van der Waals surface area contributed by atoms with Crippen molar-refractivity contribution < 1.29 is 22.4 Å². The van der Waals surface area contributed by atoms with Crippen LogP contribution in [0.1, 0.15) is 32.8 Å². The summed E-state index contributed by atoms with van der Waals surface area (Å²) in [5.41, 5.74) is 2.13. The molecule has 4 nitrogen and oxygen atoms in total. The molecule has 0 radical (unpaired) electrons. The molecular formula is C28H23F3N2O2. The third-order valence-electron chi connectivity index (χ3n) is 6.20. The lowest BCUT2D eigenvalue weighted by Crippen LogP contribution is -2.30. The van der Waals surface area contributed by atoms with Crippen LogP contribution < -0.4 is 5.32 Å². The van der Waals surface area contributed by atoms with E-state index in [1.54, 1.807) is 48.7 Å². The van der Waals surface area contributed by atoms with Gasteiger partial charge in [-0.15, -0.1) is 0 Å². The van der Waals surface area contributed by atoms with Crippen molar-refractivity contribution in [3.05, 3.63) is 113 Å². The smallest absolute Gasteiger partial charge is 0.417 e. The minimum absolute atomic E-state index is 0.240. The summed E-state index contributed by atoms with van der Waals surface area (Å²) in [6, 6.07) is 21.8. The zero-order valence-corrected chi connectivity index (χ0v) is 18.8. The van der Waals surface area contributed by atoms with Crippen molar-refractivity contribution in [2.45, 2.75) is 25.7 Å². The highest BCUT2D eigenvalue weighted by Gasteiger charge is 2.36. The van der Waals surface area contributed by atoms with E-state index < -0.39 is 17.6 Å². The van der Waals surface area contributed by atoms with Crippen LogP contribution in [0.15, 0.2) is 89.5 Å². The number of anilines is 1. The number of nitrogens with one attached hydrogen (secondary N) is 1. The Hall–Kier alpha value is -3.84. The second-order valence-corrected chi connectivity index (χ2v) is 8.57. The van der Waals surface area contributed by atoms with Crippen LogP contribution in [0.4, 0.5) is 18.9 Å². The first kappa shape index (κ1) is 22.9. The molecule has 2 heterocycles. The summed E-state index contributed by atoms with van der Waals surface area (Å²) >= 11 is 0. The third-order valence-corrected chi connectivity index (χ3v) is 6.20. The zero-order chi connectivity index (χ0) is 24.4. The van der Waals surface area contributed by atoms with E-state index in [2.05, 4.69) is 10.2 Å². The summed E-state index contributed by atoms with van der Waals surface area (Å²) < 4.78 is 47.0. The molecule has 35 heavy (non-hydrogen) atoms. The van der Waals surface area contributed by atoms with Crippen molar-refractivity contribution in [1.29, 1.82) is 0 Å². The molecule has 5 rings (SSSR count). The summed E-state index contributed by atoms with van der Waals surface area (Å²) in [5, 5.41) is 2.71. The van der Waals surface area contributed by atoms with E-state index in [1.165, 1.54) is 6.07 Å². The maximum Gasteiger partial charge on any atom is 0.417 e. The van der Waals surface area contributed by atoms with Gasteiger partial charge < -0.3 is 9.73 Å². The largest absolute Gasteiger partial charge is 0.468 e. The molecule has 1 N–H and O–H groups in total. The van der Waals surface area contributed by atoms with Crippen molar-refractivity contribution in [3.63, 3.8) is 0 Å². The number of fused-ring (bicyclic) bond motifs is 1. The van der Waals surface area contributed by atoms with E-state index in [0.717, 1.165) is 42.5 Å². The van der Waals surface area contributed by atoms with Crippen molar-refractivity contribution in [1.82, 2.24) is 4.90 Å². The summed E-state index contributed by atoms with van der Waals surface area (Å²) in [4.78, 5) is 15.5. The zero-order valence-electron chi connectivity index (χ0n) is 18.8. The first-order chi connectivity index (χ1) is 16.9. The average molecular weight is 476 g/mol. The van der Waals surface area contributed by atoms with E-state index in [9.17, 15) is 18.0 Å². The molecule has 4 aromatic rings. The van der Waals surface area contributed by atoms with Crippen LogP contribution in [0, 0.1) is 0 Å². The number of halogens is 3. The molecule has 1 amide bonds. The fraction of sp³-hybridized carbons (Fsp3) is 0.179. The van der Waals surface area contributed by atoms with Gasteiger partial charge >= 0.3 is 6.18 Å². The summed E-state index contributed by atoms with van der Waals surface area (Å²) in [7, 11) is 0. The lowest BCUT2D eigenvalue weighted by Gasteiger charge is -2.28. The number of nitrogens with zero attached hydrogens (tertiary/aromatic N) is 1. The van der Waals surface area contributed by atoms with Gasteiger partial charge in [-0.1, -0.05) is 48.5 Å². The van der Waals surface area contributed by atoms with Crippen LogP contribution in [-0.2, 0) is 25.7 Å². The van der Waals surface area contributed by atoms with Gasteiger partial charge in [-0.2, -0.15) is 13.2 Å². The molecule has 0 saturated carbocycles. The topological polar surface area (TPSA) is 45.5 Å². The third kappa shape index (κ3) is 5.00. The average Bonchev–Trinajstić information content (AvgIpc) is 3.36. The van der Waals surface area contributed by atoms with E-state index in [1.807, 2.05) is 24.3 Å². The number of hydrogen-bond donors (Lipinski definition) is 1. The van der Waals surface area contributed by atoms with E-state index in [4.69, 9.17) is 4.42 Å². The number of furan rings is 1. The SMILES string of the molecule is O=C(Nc1ccc2c(c1)CCN(Cc1ccco1)C2)c1c(-c2ccccc2)cccc1C(F)(F)F. The first-order valence-corrected chi connectivity index (χ1v) is 11.3. The Labute approximate surface area is 201 Å². The monoisotopic (exact) mass is 476 g/mol. The normalized spacial score (nSPS) is 13.9. The molecule has 1 aromatic heterocycles. The predicted molar refractivity (Wildman–Crippen MR) is 128 cm³/mol. The van der Waals surface area contributed by atoms with Crippen LogP contribution in [0.5, 0.6) is 0 Å². The molecule has 0 atom stereocenters. The Balaban J connectivity index is 1.41. The highest BCUT2D eigenvalue weighted by molar-refractivity contribution is 6.10. The Bertz CT molecular complexity index is 1330. The van der Waals surface area contributed by atoms with Gasteiger partial charge in [-0.05, 0) is 59.0 Å². The van der Waals surface area contributed by atoms with Gasteiger partial charge in [0.25, 0.3) is 5.91 Å². The lowest BCUT2D eigenvalue weighted by atomic mass is 9.94. The van der Waals surface area contributed by atoms with Gasteiger partial charge in [0, 0.05) is 18.8 Å². The molecule has 0 unspecified atom stereocenters. The molecule has 0 aliphatic carbocycles. The molecule has 0 bridgehead atoms. The maximum atomic E-state index is 13.8. The Morgan fingerprint density at radius 3 is 2.51 bits per heavy atom. The number of carbonyl (C=O) groups is 1. The van der Waals surface area contributed by atoms with Crippen LogP contribution in [0.3, 0.4) is 0 Å².